The van der Waals surface area contributed by atoms with Crippen molar-refractivity contribution in [2.75, 3.05) is 0 Å². The molecule has 1 heterocycles. The molecule has 1 unspecified atom stereocenters. The average molecular weight is 243 g/mol. The minimum absolute atomic E-state index is 0.220. The van der Waals surface area contributed by atoms with Gasteiger partial charge in [-0.1, -0.05) is 13.8 Å². The van der Waals surface area contributed by atoms with Gasteiger partial charge in [-0.05, 0) is 0 Å². The van der Waals surface area contributed by atoms with E-state index in [0.29, 0.717) is 4.88 Å². The third kappa shape index (κ3) is 3.03. The van der Waals surface area contributed by atoms with Crippen LogP contribution in [0.2, 0.25) is 0 Å². The van der Waals surface area contributed by atoms with E-state index in [2.05, 4.69) is 4.98 Å². The number of carbonyl (C=O) groups is 2. The smallest absolute Gasteiger partial charge is 0.312 e. The van der Waals surface area contributed by atoms with Gasteiger partial charge in [-0.3, -0.25) is 9.59 Å². The summed E-state index contributed by atoms with van der Waals surface area (Å²) in [4.78, 5) is 26.1. The maximum Gasteiger partial charge on any atom is 0.312 e. The summed E-state index contributed by atoms with van der Waals surface area (Å²) in [5.41, 5.74) is 0. The first-order valence-corrected chi connectivity index (χ1v) is 5.63. The Kier molecular flexibility index (Phi) is 4.00. The van der Waals surface area contributed by atoms with E-state index in [-0.39, 0.29) is 5.92 Å². The van der Waals surface area contributed by atoms with Gasteiger partial charge in [-0.25, -0.2) is 4.98 Å². The van der Waals surface area contributed by atoms with Gasteiger partial charge in [-0.15, -0.1) is 11.3 Å². The van der Waals surface area contributed by atoms with Crippen molar-refractivity contribution in [2.45, 2.75) is 32.1 Å². The second kappa shape index (κ2) is 5.07. The highest BCUT2D eigenvalue weighted by Gasteiger charge is 2.25. The van der Waals surface area contributed by atoms with E-state index in [1.54, 1.807) is 0 Å². The zero-order valence-electron chi connectivity index (χ0n) is 9.01. The third-order valence-electron chi connectivity index (χ3n) is 2.06. The number of aliphatic carboxylic acids is 2. The van der Waals surface area contributed by atoms with E-state index < -0.39 is 24.3 Å². The predicted molar refractivity (Wildman–Crippen MR) is 58.8 cm³/mol. The van der Waals surface area contributed by atoms with Crippen LogP contribution in [0.4, 0.5) is 0 Å². The Labute approximate surface area is 96.8 Å². The zero-order valence-corrected chi connectivity index (χ0v) is 9.82. The van der Waals surface area contributed by atoms with E-state index >= 15 is 0 Å². The first kappa shape index (κ1) is 12.6. The summed E-state index contributed by atoms with van der Waals surface area (Å²) >= 11 is 1.26. The van der Waals surface area contributed by atoms with Gasteiger partial charge >= 0.3 is 11.9 Å². The molecule has 0 fully saturated rings. The summed E-state index contributed by atoms with van der Waals surface area (Å²) in [6.07, 6.45) is 1.05. The van der Waals surface area contributed by atoms with Crippen molar-refractivity contribution in [3.63, 3.8) is 0 Å². The van der Waals surface area contributed by atoms with Gasteiger partial charge in [0.15, 0.2) is 0 Å². The molecule has 0 aromatic carbocycles. The molecule has 1 aromatic heterocycles. The van der Waals surface area contributed by atoms with Crippen LogP contribution in [0.1, 0.15) is 42.0 Å². The molecule has 1 atom stereocenters. The first-order valence-electron chi connectivity index (χ1n) is 4.82. The van der Waals surface area contributed by atoms with Crippen molar-refractivity contribution in [3.8, 4) is 0 Å². The standard InChI is InChI=1S/C10H13NO4S/c1-5(2)9-11-4-7(16-9)6(10(14)15)3-8(12)13/h4-6H,3H2,1-2H3,(H,12,13)(H,14,15). The quantitative estimate of drug-likeness (QED) is 0.824. The van der Waals surface area contributed by atoms with E-state index in [4.69, 9.17) is 10.2 Å². The normalized spacial score (nSPS) is 12.7. The maximum atomic E-state index is 10.9. The molecule has 0 amide bonds. The number of rotatable bonds is 5. The SMILES string of the molecule is CC(C)c1ncc(C(CC(=O)O)C(=O)O)s1. The summed E-state index contributed by atoms with van der Waals surface area (Å²) in [7, 11) is 0. The highest BCUT2D eigenvalue weighted by atomic mass is 32.1. The molecule has 1 aromatic rings. The lowest BCUT2D eigenvalue weighted by atomic mass is 10.1. The molecule has 0 saturated heterocycles. The van der Waals surface area contributed by atoms with Gasteiger partial charge in [0.25, 0.3) is 0 Å². The molecule has 0 aliphatic carbocycles. The second-order valence-corrected chi connectivity index (χ2v) is 4.84. The van der Waals surface area contributed by atoms with Crippen molar-refractivity contribution < 1.29 is 19.8 Å². The zero-order chi connectivity index (χ0) is 12.3. The van der Waals surface area contributed by atoms with Crippen LogP contribution in [0, 0.1) is 0 Å². The Hall–Kier alpha value is -1.43. The van der Waals surface area contributed by atoms with Crippen LogP contribution in [0.5, 0.6) is 0 Å². The number of thiazole rings is 1. The van der Waals surface area contributed by atoms with Crippen LogP contribution in [-0.4, -0.2) is 27.1 Å². The van der Waals surface area contributed by atoms with Crippen molar-refractivity contribution in [2.24, 2.45) is 0 Å². The van der Waals surface area contributed by atoms with Gasteiger partial charge in [0.1, 0.15) is 5.92 Å². The molecule has 5 nitrogen and oxygen atoms in total. The lowest BCUT2D eigenvalue weighted by Crippen LogP contribution is -2.14. The Morgan fingerprint density at radius 2 is 2.06 bits per heavy atom. The highest BCUT2D eigenvalue weighted by molar-refractivity contribution is 7.11. The molecule has 16 heavy (non-hydrogen) atoms. The first-order chi connectivity index (χ1) is 7.41. The van der Waals surface area contributed by atoms with Gasteiger partial charge < -0.3 is 10.2 Å². The Balaban J connectivity index is 2.92. The summed E-state index contributed by atoms with van der Waals surface area (Å²) < 4.78 is 0. The van der Waals surface area contributed by atoms with Gasteiger partial charge in [0.2, 0.25) is 0 Å². The predicted octanol–water partition coefficient (Wildman–Crippen LogP) is 1.91. The molecule has 0 saturated carbocycles. The lowest BCUT2D eigenvalue weighted by Gasteiger charge is -2.05. The van der Waals surface area contributed by atoms with Crippen LogP contribution < -0.4 is 0 Å². The van der Waals surface area contributed by atoms with Crippen LogP contribution in [0.25, 0.3) is 0 Å². The molecule has 0 aliphatic rings. The minimum Gasteiger partial charge on any atom is -0.481 e. The molecule has 6 heteroatoms. The molecule has 1 rings (SSSR count). The fraction of sp³-hybridized carbons (Fsp3) is 0.500. The number of carboxylic acid groups (broad SMARTS) is 2. The Morgan fingerprint density at radius 1 is 1.44 bits per heavy atom. The van der Waals surface area contributed by atoms with E-state index in [9.17, 15) is 9.59 Å². The molecule has 0 radical (unpaired) electrons. The number of aromatic nitrogens is 1. The molecular formula is C10H13NO4S. The second-order valence-electron chi connectivity index (χ2n) is 3.74. The number of carboxylic acids is 2. The molecule has 0 aliphatic heterocycles. The lowest BCUT2D eigenvalue weighted by molar-refractivity contribution is -0.145. The summed E-state index contributed by atoms with van der Waals surface area (Å²) in [5, 5.41) is 18.4. The summed E-state index contributed by atoms with van der Waals surface area (Å²) in [6, 6.07) is 0. The van der Waals surface area contributed by atoms with Gasteiger partial charge in [0, 0.05) is 17.0 Å². The maximum absolute atomic E-state index is 10.9. The van der Waals surface area contributed by atoms with Crippen LogP contribution in [0.3, 0.4) is 0 Å². The molecular weight excluding hydrogens is 230 g/mol. The molecule has 2 N–H and O–H groups in total. The van der Waals surface area contributed by atoms with Crippen molar-refractivity contribution in [1.29, 1.82) is 0 Å². The number of hydrogen-bond donors (Lipinski definition) is 2. The summed E-state index contributed by atoms with van der Waals surface area (Å²) in [6.45, 7) is 3.91. The fourth-order valence-corrected chi connectivity index (χ4v) is 2.23. The van der Waals surface area contributed by atoms with Crippen LogP contribution >= 0.6 is 11.3 Å². The topological polar surface area (TPSA) is 87.5 Å². The average Bonchev–Trinajstić information content (AvgIpc) is 2.61. The van der Waals surface area contributed by atoms with E-state index in [0.717, 1.165) is 5.01 Å². The fourth-order valence-electron chi connectivity index (χ4n) is 1.21. The molecule has 0 spiro atoms. The van der Waals surface area contributed by atoms with Crippen LogP contribution in [-0.2, 0) is 9.59 Å². The number of nitrogens with zero attached hydrogens (tertiary/aromatic N) is 1. The Bertz CT molecular complexity index is 399. The van der Waals surface area contributed by atoms with E-state index in [1.807, 2.05) is 13.8 Å². The molecule has 88 valence electrons. The van der Waals surface area contributed by atoms with Gasteiger partial charge in [0.05, 0.1) is 11.4 Å². The van der Waals surface area contributed by atoms with Gasteiger partial charge in [-0.2, -0.15) is 0 Å². The summed E-state index contributed by atoms with van der Waals surface area (Å²) in [5.74, 6) is -3.02. The Morgan fingerprint density at radius 3 is 2.44 bits per heavy atom. The van der Waals surface area contributed by atoms with E-state index in [1.165, 1.54) is 17.5 Å². The van der Waals surface area contributed by atoms with Crippen molar-refractivity contribution in [1.82, 2.24) is 4.98 Å². The highest BCUT2D eigenvalue weighted by Crippen LogP contribution is 2.29. The number of hydrogen-bond acceptors (Lipinski definition) is 4. The molecule has 0 bridgehead atoms. The largest absolute Gasteiger partial charge is 0.481 e. The van der Waals surface area contributed by atoms with Crippen molar-refractivity contribution in [3.05, 3.63) is 16.1 Å². The van der Waals surface area contributed by atoms with Crippen LogP contribution in [0.15, 0.2) is 6.20 Å². The van der Waals surface area contributed by atoms with Crippen molar-refractivity contribution >= 4 is 23.3 Å². The third-order valence-corrected chi connectivity index (χ3v) is 3.47. The minimum atomic E-state index is -1.12. The monoisotopic (exact) mass is 243 g/mol.